The van der Waals surface area contributed by atoms with Crippen LogP contribution < -0.4 is 4.90 Å². The van der Waals surface area contributed by atoms with E-state index < -0.39 is 0 Å². The number of benzene rings is 1. The van der Waals surface area contributed by atoms with Crippen LogP contribution in [-0.4, -0.2) is 56.9 Å². The highest BCUT2D eigenvalue weighted by Gasteiger charge is 2.23. The molecule has 8 heteroatoms. The molecule has 0 spiro atoms. The Morgan fingerprint density at radius 1 is 0.875 bits per heavy atom. The molecule has 0 saturated carbocycles. The van der Waals surface area contributed by atoms with Gasteiger partial charge in [0.1, 0.15) is 10.8 Å². The van der Waals surface area contributed by atoms with Gasteiger partial charge in [-0.25, -0.2) is 15.0 Å². The molecule has 4 heterocycles. The summed E-state index contributed by atoms with van der Waals surface area (Å²) in [5.74, 6) is 1.72. The van der Waals surface area contributed by atoms with Crippen LogP contribution >= 0.6 is 11.3 Å². The van der Waals surface area contributed by atoms with Crippen molar-refractivity contribution in [1.82, 2.24) is 24.8 Å². The number of hydrogen-bond donors (Lipinski definition) is 0. The summed E-state index contributed by atoms with van der Waals surface area (Å²) in [5.41, 5.74) is 2.63. The van der Waals surface area contributed by atoms with Gasteiger partial charge < -0.3 is 9.80 Å². The van der Waals surface area contributed by atoms with E-state index >= 15 is 0 Å². The number of rotatable bonds is 5. The SMILES string of the molecule is O=C(Cc1csc(-c2ccccn2)n1)N1CCN(c2ccnc(-c3ccccc3)n2)CC1. The van der Waals surface area contributed by atoms with Gasteiger partial charge in [0.25, 0.3) is 0 Å². The highest BCUT2D eigenvalue weighted by atomic mass is 32.1. The first-order valence-corrected chi connectivity index (χ1v) is 11.4. The molecule has 4 aromatic rings. The van der Waals surface area contributed by atoms with Gasteiger partial charge in [-0.15, -0.1) is 11.3 Å². The van der Waals surface area contributed by atoms with Crippen LogP contribution in [0.1, 0.15) is 5.69 Å². The van der Waals surface area contributed by atoms with E-state index in [1.807, 2.05) is 64.9 Å². The van der Waals surface area contributed by atoms with Gasteiger partial charge >= 0.3 is 0 Å². The molecule has 1 amide bonds. The average molecular weight is 443 g/mol. The van der Waals surface area contributed by atoms with E-state index in [-0.39, 0.29) is 5.91 Å². The molecule has 0 N–H and O–H groups in total. The summed E-state index contributed by atoms with van der Waals surface area (Å²) in [5, 5.41) is 2.79. The Labute approximate surface area is 190 Å². The van der Waals surface area contributed by atoms with Crippen LogP contribution in [-0.2, 0) is 11.2 Å². The van der Waals surface area contributed by atoms with Gasteiger partial charge in [0.05, 0.1) is 17.8 Å². The van der Waals surface area contributed by atoms with Crippen LogP contribution in [0.2, 0.25) is 0 Å². The maximum atomic E-state index is 12.8. The fourth-order valence-electron chi connectivity index (χ4n) is 3.70. The number of nitrogens with zero attached hydrogens (tertiary/aromatic N) is 6. The molecule has 160 valence electrons. The molecule has 1 aliphatic heterocycles. The number of anilines is 1. The quantitative estimate of drug-likeness (QED) is 0.471. The highest BCUT2D eigenvalue weighted by Crippen LogP contribution is 2.23. The van der Waals surface area contributed by atoms with Crippen LogP contribution in [0.25, 0.3) is 22.1 Å². The van der Waals surface area contributed by atoms with Crippen molar-refractivity contribution in [3.63, 3.8) is 0 Å². The fourth-order valence-corrected chi connectivity index (χ4v) is 4.49. The zero-order valence-electron chi connectivity index (χ0n) is 17.5. The third kappa shape index (κ3) is 4.50. The predicted octanol–water partition coefficient (Wildman–Crippen LogP) is 3.55. The minimum atomic E-state index is 0.107. The zero-order chi connectivity index (χ0) is 21.8. The van der Waals surface area contributed by atoms with Gasteiger partial charge in [-0.05, 0) is 18.2 Å². The smallest absolute Gasteiger partial charge is 0.228 e. The minimum Gasteiger partial charge on any atom is -0.353 e. The molecular weight excluding hydrogens is 420 g/mol. The number of amides is 1. The first kappa shape index (κ1) is 20.3. The molecule has 0 bridgehead atoms. The number of carbonyl (C=O) groups is 1. The predicted molar refractivity (Wildman–Crippen MR) is 125 cm³/mol. The first-order valence-electron chi connectivity index (χ1n) is 10.5. The van der Waals surface area contributed by atoms with E-state index in [0.29, 0.717) is 25.3 Å². The van der Waals surface area contributed by atoms with Gasteiger partial charge in [-0.1, -0.05) is 36.4 Å². The molecule has 1 fully saturated rings. The number of carbonyl (C=O) groups excluding carboxylic acids is 1. The highest BCUT2D eigenvalue weighted by molar-refractivity contribution is 7.13. The van der Waals surface area contributed by atoms with E-state index in [4.69, 9.17) is 4.98 Å². The summed E-state index contributed by atoms with van der Waals surface area (Å²) in [6.45, 7) is 2.82. The molecule has 1 saturated heterocycles. The molecule has 3 aromatic heterocycles. The number of pyridine rings is 1. The lowest BCUT2D eigenvalue weighted by Gasteiger charge is -2.35. The Morgan fingerprint density at radius 3 is 2.47 bits per heavy atom. The van der Waals surface area contributed by atoms with E-state index in [1.54, 1.807) is 12.4 Å². The first-order chi connectivity index (χ1) is 15.8. The lowest BCUT2D eigenvalue weighted by molar-refractivity contribution is -0.130. The summed E-state index contributed by atoms with van der Waals surface area (Å²) in [6, 6.07) is 17.6. The molecule has 7 nitrogen and oxygen atoms in total. The van der Waals surface area contributed by atoms with Crippen molar-refractivity contribution in [2.75, 3.05) is 31.1 Å². The second kappa shape index (κ2) is 9.23. The molecule has 1 aliphatic rings. The molecule has 0 aliphatic carbocycles. The molecule has 32 heavy (non-hydrogen) atoms. The van der Waals surface area contributed by atoms with Gasteiger partial charge in [0, 0.05) is 49.5 Å². The lowest BCUT2D eigenvalue weighted by atomic mass is 10.2. The topological polar surface area (TPSA) is 75.1 Å². The van der Waals surface area contributed by atoms with Crippen LogP contribution in [0.4, 0.5) is 5.82 Å². The van der Waals surface area contributed by atoms with E-state index in [0.717, 1.165) is 40.9 Å². The zero-order valence-corrected chi connectivity index (χ0v) is 18.3. The van der Waals surface area contributed by atoms with Crippen molar-refractivity contribution in [1.29, 1.82) is 0 Å². The second-order valence-electron chi connectivity index (χ2n) is 7.51. The summed E-state index contributed by atoms with van der Waals surface area (Å²) < 4.78 is 0. The Balaban J connectivity index is 1.19. The number of piperazine rings is 1. The van der Waals surface area contributed by atoms with Crippen LogP contribution in [0.5, 0.6) is 0 Å². The molecule has 0 atom stereocenters. The van der Waals surface area contributed by atoms with Crippen molar-refractivity contribution in [2.45, 2.75) is 6.42 Å². The Morgan fingerprint density at radius 2 is 1.69 bits per heavy atom. The molecular formula is C24H22N6OS. The molecule has 0 unspecified atom stereocenters. The third-order valence-electron chi connectivity index (χ3n) is 5.40. The Kier molecular flexibility index (Phi) is 5.85. The van der Waals surface area contributed by atoms with Crippen molar-refractivity contribution in [3.05, 3.63) is 78.1 Å². The summed E-state index contributed by atoms with van der Waals surface area (Å²) >= 11 is 1.52. The van der Waals surface area contributed by atoms with Crippen molar-refractivity contribution in [2.24, 2.45) is 0 Å². The van der Waals surface area contributed by atoms with Gasteiger partial charge in [-0.3, -0.25) is 9.78 Å². The largest absolute Gasteiger partial charge is 0.353 e. The summed E-state index contributed by atoms with van der Waals surface area (Å²) in [7, 11) is 0. The lowest BCUT2D eigenvalue weighted by Crippen LogP contribution is -2.49. The number of aromatic nitrogens is 4. The van der Waals surface area contributed by atoms with E-state index in [2.05, 4.69) is 19.9 Å². The monoisotopic (exact) mass is 442 g/mol. The minimum absolute atomic E-state index is 0.107. The van der Waals surface area contributed by atoms with E-state index in [1.165, 1.54) is 11.3 Å². The number of hydrogen-bond acceptors (Lipinski definition) is 7. The average Bonchev–Trinajstić information content (AvgIpc) is 3.34. The molecule has 1 aromatic carbocycles. The normalized spacial score (nSPS) is 13.9. The van der Waals surface area contributed by atoms with Crippen molar-refractivity contribution < 1.29 is 4.79 Å². The van der Waals surface area contributed by atoms with Gasteiger partial charge in [0.15, 0.2) is 5.82 Å². The second-order valence-corrected chi connectivity index (χ2v) is 8.37. The van der Waals surface area contributed by atoms with Crippen LogP contribution in [0.15, 0.2) is 72.4 Å². The van der Waals surface area contributed by atoms with Crippen molar-refractivity contribution in [3.8, 4) is 22.1 Å². The number of thiazole rings is 1. The molecule has 5 rings (SSSR count). The maximum absolute atomic E-state index is 12.8. The Hall–Kier alpha value is -3.65. The summed E-state index contributed by atoms with van der Waals surface area (Å²) in [6.07, 6.45) is 3.86. The van der Waals surface area contributed by atoms with Crippen LogP contribution in [0.3, 0.4) is 0 Å². The van der Waals surface area contributed by atoms with Gasteiger partial charge in [-0.2, -0.15) is 0 Å². The summed E-state index contributed by atoms with van der Waals surface area (Å²) in [4.78, 5) is 35.0. The fraction of sp³-hybridized carbons (Fsp3) is 0.208. The maximum Gasteiger partial charge on any atom is 0.228 e. The standard InChI is InChI=1S/C24H22N6OS/c31-22(16-19-17-32-24(27-19)20-8-4-5-10-25-20)30-14-12-29(13-15-30)21-9-11-26-23(28-21)18-6-2-1-3-7-18/h1-11,17H,12-16H2. The van der Waals surface area contributed by atoms with Crippen LogP contribution in [0, 0.1) is 0 Å². The Bertz CT molecular complexity index is 1190. The van der Waals surface area contributed by atoms with Gasteiger partial charge in [0.2, 0.25) is 5.91 Å². The third-order valence-corrected chi connectivity index (χ3v) is 6.31. The molecule has 0 radical (unpaired) electrons. The van der Waals surface area contributed by atoms with Crippen molar-refractivity contribution >= 4 is 23.1 Å². The van der Waals surface area contributed by atoms with E-state index in [9.17, 15) is 4.79 Å².